The van der Waals surface area contributed by atoms with Gasteiger partial charge in [0.25, 0.3) is 0 Å². The minimum atomic E-state index is -0.883. The van der Waals surface area contributed by atoms with E-state index in [1.807, 2.05) is 25.1 Å². The van der Waals surface area contributed by atoms with Gasteiger partial charge in [-0.1, -0.05) is 32.9 Å². The van der Waals surface area contributed by atoms with Crippen molar-refractivity contribution < 1.29 is 14.6 Å². The van der Waals surface area contributed by atoms with Gasteiger partial charge in [0, 0.05) is 39.1 Å². The van der Waals surface area contributed by atoms with Crippen molar-refractivity contribution in [3.8, 4) is 5.75 Å². The minimum absolute atomic E-state index is 0. The second-order valence-corrected chi connectivity index (χ2v) is 7.61. The lowest BCUT2D eigenvalue weighted by Crippen LogP contribution is -2.47. The molecule has 0 bridgehead atoms. The zero-order valence-electron chi connectivity index (χ0n) is 17.5. The van der Waals surface area contributed by atoms with E-state index in [2.05, 4.69) is 30.6 Å². The van der Waals surface area contributed by atoms with Crippen molar-refractivity contribution in [3.63, 3.8) is 0 Å². The molecule has 1 aromatic rings. The van der Waals surface area contributed by atoms with E-state index in [9.17, 15) is 9.90 Å². The topological polar surface area (TPSA) is 53.0 Å². The van der Waals surface area contributed by atoms with Crippen LogP contribution in [0.5, 0.6) is 5.75 Å². The fraction of sp³-hybridized carbons (Fsp3) is 0.667. The van der Waals surface area contributed by atoms with E-state index in [-0.39, 0.29) is 24.8 Å². The Kier molecular flexibility index (Phi) is 12.8. The van der Waals surface area contributed by atoms with Gasteiger partial charge in [-0.2, -0.15) is 0 Å². The standard InChI is InChI=1S/C21H34N2O3.2ClH/c1-5-9-22-11-13-23(14-12-22)10-8-19(21(24)25)26-20-15-17(4)6-7-18(20)16(2)3;;/h6-7,15-16,19H,5,8-14H2,1-4H3,(H,24,25);2*1H. The first-order valence-corrected chi connectivity index (χ1v) is 9.85. The Bertz CT molecular complexity index is 591. The second kappa shape index (κ2) is 13.3. The molecule has 0 aliphatic carbocycles. The molecule has 1 aliphatic rings. The highest BCUT2D eigenvalue weighted by Crippen LogP contribution is 2.28. The van der Waals surface area contributed by atoms with Gasteiger partial charge in [-0.25, -0.2) is 4.79 Å². The average molecular weight is 435 g/mol. The van der Waals surface area contributed by atoms with Gasteiger partial charge in [-0.15, -0.1) is 24.8 Å². The van der Waals surface area contributed by atoms with E-state index in [0.29, 0.717) is 18.1 Å². The van der Waals surface area contributed by atoms with Crippen LogP contribution in [0.3, 0.4) is 0 Å². The number of hydrogen-bond donors (Lipinski definition) is 1. The number of carbonyl (C=O) groups is 1. The zero-order valence-corrected chi connectivity index (χ0v) is 19.2. The summed E-state index contributed by atoms with van der Waals surface area (Å²) < 4.78 is 5.96. The van der Waals surface area contributed by atoms with Crippen molar-refractivity contribution in [1.29, 1.82) is 0 Å². The number of aliphatic carboxylic acids is 1. The van der Waals surface area contributed by atoms with Gasteiger partial charge in [-0.3, -0.25) is 0 Å². The number of aryl methyl sites for hydroxylation is 1. The third-order valence-corrected chi connectivity index (χ3v) is 5.05. The molecule has 28 heavy (non-hydrogen) atoms. The van der Waals surface area contributed by atoms with Crippen molar-refractivity contribution >= 4 is 30.8 Å². The molecule has 1 unspecified atom stereocenters. The number of nitrogens with zero attached hydrogens (tertiary/aromatic N) is 2. The number of halogens is 2. The summed E-state index contributed by atoms with van der Waals surface area (Å²) in [5.41, 5.74) is 2.15. The monoisotopic (exact) mass is 434 g/mol. The molecule has 1 fully saturated rings. The SMILES string of the molecule is CCCN1CCN(CCC(Oc2cc(C)ccc2C(C)C)C(=O)O)CC1.Cl.Cl. The molecule has 5 nitrogen and oxygen atoms in total. The lowest BCUT2D eigenvalue weighted by Gasteiger charge is -2.35. The largest absolute Gasteiger partial charge is 0.479 e. The normalized spacial score (nSPS) is 16.2. The van der Waals surface area contributed by atoms with Crippen LogP contribution < -0.4 is 4.74 Å². The van der Waals surface area contributed by atoms with Crippen molar-refractivity contribution in [3.05, 3.63) is 29.3 Å². The van der Waals surface area contributed by atoms with Gasteiger partial charge in [0.2, 0.25) is 0 Å². The number of ether oxygens (including phenoxy) is 1. The Hall–Kier alpha value is -1.01. The number of hydrogen-bond acceptors (Lipinski definition) is 4. The van der Waals surface area contributed by atoms with Gasteiger partial charge >= 0.3 is 5.97 Å². The summed E-state index contributed by atoms with van der Waals surface area (Å²) in [6.07, 6.45) is 0.890. The number of carboxylic acids is 1. The van der Waals surface area contributed by atoms with Crippen LogP contribution in [0.25, 0.3) is 0 Å². The van der Waals surface area contributed by atoms with Crippen molar-refractivity contribution in [2.45, 2.75) is 52.6 Å². The van der Waals surface area contributed by atoms with Crippen LogP contribution in [0.2, 0.25) is 0 Å². The molecule has 0 saturated carbocycles. The molecule has 0 spiro atoms. The van der Waals surface area contributed by atoms with Crippen LogP contribution in [-0.2, 0) is 4.79 Å². The summed E-state index contributed by atoms with van der Waals surface area (Å²) in [7, 11) is 0. The molecule has 162 valence electrons. The van der Waals surface area contributed by atoms with Crippen LogP contribution in [-0.4, -0.2) is 66.2 Å². The first-order chi connectivity index (χ1) is 12.4. The van der Waals surface area contributed by atoms with Crippen molar-refractivity contribution in [1.82, 2.24) is 9.80 Å². The Labute approximate surface area is 182 Å². The van der Waals surface area contributed by atoms with Crippen LogP contribution in [0.1, 0.15) is 50.7 Å². The Morgan fingerprint density at radius 1 is 1.11 bits per heavy atom. The lowest BCUT2D eigenvalue weighted by atomic mass is 10.0. The average Bonchev–Trinajstić information content (AvgIpc) is 2.59. The summed E-state index contributed by atoms with van der Waals surface area (Å²) in [6, 6.07) is 6.05. The molecule has 7 heteroatoms. The highest BCUT2D eigenvalue weighted by atomic mass is 35.5. The van der Waals surface area contributed by atoms with Crippen LogP contribution in [0.15, 0.2) is 18.2 Å². The number of carboxylic acid groups (broad SMARTS) is 1. The smallest absolute Gasteiger partial charge is 0.344 e. The van der Waals surface area contributed by atoms with Gasteiger partial charge in [0.05, 0.1) is 0 Å². The molecule has 1 atom stereocenters. The first kappa shape index (κ1) is 27.0. The van der Waals surface area contributed by atoms with E-state index in [1.165, 1.54) is 6.42 Å². The van der Waals surface area contributed by atoms with Gasteiger partial charge in [0.15, 0.2) is 6.10 Å². The lowest BCUT2D eigenvalue weighted by molar-refractivity contribution is -0.145. The zero-order chi connectivity index (χ0) is 19.1. The minimum Gasteiger partial charge on any atom is -0.479 e. The molecule has 2 rings (SSSR count). The molecule has 1 aliphatic heterocycles. The summed E-state index contributed by atoms with van der Waals surface area (Å²) >= 11 is 0. The molecule has 1 aromatic carbocycles. The summed E-state index contributed by atoms with van der Waals surface area (Å²) in [4.78, 5) is 16.6. The van der Waals surface area contributed by atoms with Crippen LogP contribution >= 0.6 is 24.8 Å². The Morgan fingerprint density at radius 3 is 2.18 bits per heavy atom. The van der Waals surface area contributed by atoms with Gasteiger partial charge in [0.1, 0.15) is 5.75 Å². The molecular weight excluding hydrogens is 399 g/mol. The molecule has 0 radical (unpaired) electrons. The van der Waals surface area contributed by atoms with E-state index in [1.54, 1.807) is 0 Å². The van der Waals surface area contributed by atoms with Gasteiger partial charge < -0.3 is 19.6 Å². The third-order valence-electron chi connectivity index (χ3n) is 5.05. The highest BCUT2D eigenvalue weighted by Gasteiger charge is 2.24. The number of benzene rings is 1. The molecule has 1 heterocycles. The van der Waals surface area contributed by atoms with Crippen LogP contribution in [0, 0.1) is 6.92 Å². The predicted octanol–water partition coefficient (Wildman–Crippen LogP) is 4.21. The van der Waals surface area contributed by atoms with E-state index < -0.39 is 12.1 Å². The fourth-order valence-electron chi connectivity index (χ4n) is 3.46. The molecular formula is C21H36Cl2N2O3. The molecule has 1 saturated heterocycles. The van der Waals surface area contributed by atoms with E-state index in [0.717, 1.165) is 50.4 Å². The fourth-order valence-corrected chi connectivity index (χ4v) is 3.46. The van der Waals surface area contributed by atoms with Crippen molar-refractivity contribution in [2.75, 3.05) is 39.3 Å². The highest BCUT2D eigenvalue weighted by molar-refractivity contribution is 5.85. The maximum atomic E-state index is 11.7. The third kappa shape index (κ3) is 8.16. The summed E-state index contributed by atoms with van der Waals surface area (Å²) in [6.45, 7) is 14.5. The van der Waals surface area contributed by atoms with Gasteiger partial charge in [-0.05, 0) is 43.0 Å². The maximum absolute atomic E-state index is 11.7. The predicted molar refractivity (Wildman–Crippen MR) is 120 cm³/mol. The first-order valence-electron chi connectivity index (χ1n) is 9.85. The summed E-state index contributed by atoms with van der Waals surface area (Å²) in [5.74, 6) is 0.123. The number of piperazine rings is 1. The quantitative estimate of drug-likeness (QED) is 0.630. The van der Waals surface area contributed by atoms with Crippen molar-refractivity contribution in [2.24, 2.45) is 0 Å². The second-order valence-electron chi connectivity index (χ2n) is 7.61. The Balaban J connectivity index is 0.00000364. The summed E-state index contributed by atoms with van der Waals surface area (Å²) in [5, 5.41) is 9.62. The molecule has 0 aromatic heterocycles. The molecule has 1 N–H and O–H groups in total. The van der Waals surface area contributed by atoms with E-state index in [4.69, 9.17) is 4.74 Å². The maximum Gasteiger partial charge on any atom is 0.344 e. The number of rotatable bonds is 9. The molecule has 0 amide bonds. The van der Waals surface area contributed by atoms with E-state index >= 15 is 0 Å². The van der Waals surface area contributed by atoms with Crippen LogP contribution in [0.4, 0.5) is 0 Å². The Morgan fingerprint density at radius 2 is 1.68 bits per heavy atom.